The van der Waals surface area contributed by atoms with Crippen molar-refractivity contribution in [2.75, 3.05) is 20.2 Å². The molecule has 130 valence electrons. The Balaban J connectivity index is 1.55. The zero-order chi connectivity index (χ0) is 17.4. The highest BCUT2D eigenvalue weighted by atomic mass is 16.7. The number of nitrogens with one attached hydrogen (secondary N) is 1. The van der Waals surface area contributed by atoms with Gasteiger partial charge in [-0.1, -0.05) is 6.07 Å². The smallest absolute Gasteiger partial charge is 0.308 e. The molecule has 2 unspecified atom stereocenters. The lowest BCUT2D eigenvalue weighted by Crippen LogP contribution is -2.20. The Kier molecular flexibility index (Phi) is 3.97. The summed E-state index contributed by atoms with van der Waals surface area (Å²) in [6, 6.07) is 13.2. The lowest BCUT2D eigenvalue weighted by atomic mass is 9.89. The fourth-order valence-corrected chi connectivity index (χ4v) is 3.39. The maximum Gasteiger partial charge on any atom is 0.308 e. The molecule has 0 aliphatic carbocycles. The Hall–Kier alpha value is -2.73. The van der Waals surface area contributed by atoms with Crippen LogP contribution in [0.25, 0.3) is 0 Å². The van der Waals surface area contributed by atoms with E-state index in [0.29, 0.717) is 24.6 Å². The third kappa shape index (κ3) is 2.89. The number of hydrogen-bond donors (Lipinski definition) is 2. The zero-order valence-corrected chi connectivity index (χ0v) is 13.8. The van der Waals surface area contributed by atoms with E-state index in [4.69, 9.17) is 14.2 Å². The molecule has 25 heavy (non-hydrogen) atoms. The second-order valence-corrected chi connectivity index (χ2v) is 6.26. The second kappa shape index (κ2) is 6.29. The highest BCUT2D eigenvalue weighted by Crippen LogP contribution is 2.43. The van der Waals surface area contributed by atoms with E-state index in [2.05, 4.69) is 5.32 Å². The van der Waals surface area contributed by atoms with Gasteiger partial charge in [-0.25, -0.2) is 0 Å². The van der Waals surface area contributed by atoms with Gasteiger partial charge in [0, 0.05) is 24.6 Å². The van der Waals surface area contributed by atoms with E-state index in [1.165, 1.54) is 0 Å². The molecule has 0 spiro atoms. The van der Waals surface area contributed by atoms with Crippen LogP contribution in [0.3, 0.4) is 0 Å². The number of ether oxygens (including phenoxy) is 3. The van der Waals surface area contributed by atoms with Gasteiger partial charge in [-0.05, 0) is 42.0 Å². The molecular formula is C19H19NO5. The van der Waals surface area contributed by atoms with Crippen molar-refractivity contribution in [2.24, 2.45) is 5.92 Å². The van der Waals surface area contributed by atoms with E-state index in [1.54, 1.807) is 7.11 Å². The summed E-state index contributed by atoms with van der Waals surface area (Å²) < 4.78 is 17.0. The molecule has 6 nitrogen and oxygen atoms in total. The van der Waals surface area contributed by atoms with E-state index >= 15 is 0 Å². The van der Waals surface area contributed by atoms with E-state index in [1.807, 2.05) is 42.5 Å². The van der Waals surface area contributed by atoms with Crippen LogP contribution in [0.1, 0.15) is 23.3 Å². The van der Waals surface area contributed by atoms with Crippen molar-refractivity contribution >= 4 is 5.97 Å². The van der Waals surface area contributed by atoms with Crippen molar-refractivity contribution in [3.8, 4) is 17.2 Å². The fraction of sp³-hybridized carbons (Fsp3) is 0.316. The monoisotopic (exact) mass is 341 g/mol. The molecule has 3 atom stereocenters. The summed E-state index contributed by atoms with van der Waals surface area (Å²) in [4.78, 5) is 11.4. The molecule has 0 aromatic heterocycles. The molecule has 6 heteroatoms. The highest BCUT2D eigenvalue weighted by molar-refractivity contribution is 5.72. The SMILES string of the molecule is COc1ccc([C@@H]2Oc3ccc(C4CNCC4C(=O)O)cc3O2)cc1. The number of benzene rings is 2. The van der Waals surface area contributed by atoms with Gasteiger partial charge in [-0.15, -0.1) is 0 Å². The average molecular weight is 341 g/mol. The standard InChI is InChI=1S/C19H19NO5/c1-23-13-5-2-11(3-6-13)19-24-16-7-4-12(8-17(16)25-19)14-9-20-10-15(14)18(21)22/h2-8,14-15,19-20H,9-10H2,1H3,(H,21,22)/t14?,15?,19-/m1/s1. The molecule has 0 bridgehead atoms. The minimum Gasteiger partial charge on any atom is -0.497 e. The number of aliphatic carboxylic acids is 1. The van der Waals surface area contributed by atoms with Crippen LogP contribution < -0.4 is 19.5 Å². The molecule has 2 aliphatic rings. The van der Waals surface area contributed by atoms with Crippen LogP contribution in [-0.2, 0) is 4.79 Å². The molecular weight excluding hydrogens is 322 g/mol. The number of fused-ring (bicyclic) bond motifs is 1. The highest BCUT2D eigenvalue weighted by Gasteiger charge is 2.35. The molecule has 1 saturated heterocycles. The Morgan fingerprint density at radius 1 is 1.08 bits per heavy atom. The molecule has 2 aliphatic heterocycles. The molecule has 0 saturated carbocycles. The largest absolute Gasteiger partial charge is 0.497 e. The fourth-order valence-electron chi connectivity index (χ4n) is 3.39. The van der Waals surface area contributed by atoms with Crippen LogP contribution in [0.4, 0.5) is 0 Å². The third-order valence-electron chi connectivity index (χ3n) is 4.78. The van der Waals surface area contributed by atoms with Crippen molar-refractivity contribution in [3.05, 3.63) is 53.6 Å². The van der Waals surface area contributed by atoms with E-state index in [-0.39, 0.29) is 5.92 Å². The van der Waals surface area contributed by atoms with E-state index < -0.39 is 18.2 Å². The van der Waals surface area contributed by atoms with Gasteiger partial charge in [-0.2, -0.15) is 0 Å². The van der Waals surface area contributed by atoms with Gasteiger partial charge in [0.05, 0.1) is 13.0 Å². The number of methoxy groups -OCH3 is 1. The Morgan fingerprint density at radius 3 is 2.52 bits per heavy atom. The first-order valence-electron chi connectivity index (χ1n) is 8.20. The van der Waals surface area contributed by atoms with Gasteiger partial charge in [0.2, 0.25) is 0 Å². The predicted octanol–water partition coefficient (Wildman–Crippen LogP) is 2.55. The molecule has 2 N–H and O–H groups in total. The Morgan fingerprint density at radius 2 is 1.80 bits per heavy atom. The van der Waals surface area contributed by atoms with Gasteiger partial charge in [-0.3, -0.25) is 4.79 Å². The van der Waals surface area contributed by atoms with Crippen molar-refractivity contribution in [2.45, 2.75) is 12.2 Å². The molecule has 0 radical (unpaired) electrons. The van der Waals surface area contributed by atoms with Crippen LogP contribution >= 0.6 is 0 Å². The first-order valence-corrected chi connectivity index (χ1v) is 8.20. The van der Waals surface area contributed by atoms with Gasteiger partial charge in [0.25, 0.3) is 6.29 Å². The number of carboxylic acid groups (broad SMARTS) is 1. The quantitative estimate of drug-likeness (QED) is 0.890. The van der Waals surface area contributed by atoms with Crippen molar-refractivity contribution < 1.29 is 24.1 Å². The summed E-state index contributed by atoms with van der Waals surface area (Å²) in [6.07, 6.45) is -0.506. The minimum atomic E-state index is -0.774. The summed E-state index contributed by atoms with van der Waals surface area (Å²) in [5.74, 6) is 0.833. The average Bonchev–Trinajstić information content (AvgIpc) is 3.28. The van der Waals surface area contributed by atoms with Gasteiger partial charge < -0.3 is 24.6 Å². The number of rotatable bonds is 4. The summed E-state index contributed by atoms with van der Waals surface area (Å²) in [6.45, 7) is 1.14. The predicted molar refractivity (Wildman–Crippen MR) is 90.2 cm³/mol. The van der Waals surface area contributed by atoms with Crippen LogP contribution in [0.5, 0.6) is 17.2 Å². The summed E-state index contributed by atoms with van der Waals surface area (Å²) in [7, 11) is 1.62. The summed E-state index contributed by atoms with van der Waals surface area (Å²) in [5.41, 5.74) is 1.85. The first kappa shape index (κ1) is 15.8. The minimum absolute atomic E-state index is 0.0635. The normalized spacial score (nSPS) is 24.3. The van der Waals surface area contributed by atoms with Crippen LogP contribution in [-0.4, -0.2) is 31.3 Å². The van der Waals surface area contributed by atoms with Crippen LogP contribution in [0, 0.1) is 5.92 Å². The lowest BCUT2D eigenvalue weighted by molar-refractivity contribution is -0.141. The molecule has 0 amide bonds. The van der Waals surface area contributed by atoms with Crippen molar-refractivity contribution in [1.29, 1.82) is 0 Å². The molecule has 2 aromatic rings. The van der Waals surface area contributed by atoms with Crippen LogP contribution in [0.15, 0.2) is 42.5 Å². The summed E-state index contributed by atoms with van der Waals surface area (Å²) >= 11 is 0. The van der Waals surface area contributed by atoms with E-state index in [9.17, 15) is 9.90 Å². The number of carbonyl (C=O) groups is 1. The number of hydrogen-bond acceptors (Lipinski definition) is 5. The number of carboxylic acids is 1. The molecule has 2 heterocycles. The molecule has 2 aromatic carbocycles. The maximum absolute atomic E-state index is 11.4. The third-order valence-corrected chi connectivity index (χ3v) is 4.78. The van der Waals surface area contributed by atoms with Gasteiger partial charge in [0.1, 0.15) is 5.75 Å². The second-order valence-electron chi connectivity index (χ2n) is 6.26. The van der Waals surface area contributed by atoms with E-state index in [0.717, 1.165) is 16.9 Å². The van der Waals surface area contributed by atoms with Crippen molar-refractivity contribution in [3.63, 3.8) is 0 Å². The molecule has 4 rings (SSSR count). The first-order chi connectivity index (χ1) is 12.2. The Bertz CT molecular complexity index is 789. The topological polar surface area (TPSA) is 77.0 Å². The van der Waals surface area contributed by atoms with Gasteiger partial charge >= 0.3 is 5.97 Å². The Labute approximate surface area is 145 Å². The summed E-state index contributed by atoms with van der Waals surface area (Å²) in [5, 5.41) is 12.5. The van der Waals surface area contributed by atoms with Gasteiger partial charge in [0.15, 0.2) is 11.5 Å². The molecule has 1 fully saturated rings. The van der Waals surface area contributed by atoms with Crippen LogP contribution in [0.2, 0.25) is 0 Å². The maximum atomic E-state index is 11.4. The lowest BCUT2D eigenvalue weighted by Gasteiger charge is -2.15. The van der Waals surface area contributed by atoms with Crippen molar-refractivity contribution in [1.82, 2.24) is 5.32 Å². The zero-order valence-electron chi connectivity index (χ0n) is 13.8.